The summed E-state index contributed by atoms with van der Waals surface area (Å²) < 4.78 is 5.15. The third kappa shape index (κ3) is 7.68. The molecule has 0 heterocycles. The molecule has 0 saturated heterocycles. The standard InChI is InChI=1S/C18H27ClN2O3/c1-12(20-16(23)24-17(2,3)4)15(22)21-18(5,6)11-13-7-9-14(19)10-8-13/h7-10,12H,11H2,1-6H3,(H,20,23)(H,21,22)/t12-/m0/s1. The largest absolute Gasteiger partial charge is 0.444 e. The lowest BCUT2D eigenvalue weighted by molar-refractivity contribution is -0.124. The summed E-state index contributed by atoms with van der Waals surface area (Å²) in [6, 6.07) is 6.81. The zero-order valence-corrected chi connectivity index (χ0v) is 16.0. The van der Waals surface area contributed by atoms with Crippen LogP contribution in [-0.4, -0.2) is 29.2 Å². The highest BCUT2D eigenvalue weighted by Gasteiger charge is 2.26. The number of rotatable bonds is 5. The minimum atomic E-state index is -0.690. The predicted molar refractivity (Wildman–Crippen MR) is 96.2 cm³/mol. The van der Waals surface area contributed by atoms with Gasteiger partial charge in [0, 0.05) is 10.6 Å². The SMILES string of the molecule is C[C@H](NC(=O)OC(C)(C)C)C(=O)NC(C)(C)Cc1ccc(Cl)cc1. The third-order valence-electron chi connectivity index (χ3n) is 3.15. The molecule has 0 unspecified atom stereocenters. The number of halogens is 1. The number of hydrogen-bond donors (Lipinski definition) is 2. The molecule has 1 rings (SSSR count). The quantitative estimate of drug-likeness (QED) is 0.847. The Labute approximate surface area is 149 Å². The van der Waals surface area contributed by atoms with Gasteiger partial charge in [0.2, 0.25) is 5.91 Å². The molecular weight excluding hydrogens is 328 g/mol. The van der Waals surface area contributed by atoms with Gasteiger partial charge in [-0.1, -0.05) is 23.7 Å². The molecule has 0 spiro atoms. The average molecular weight is 355 g/mol. The van der Waals surface area contributed by atoms with E-state index in [9.17, 15) is 9.59 Å². The molecule has 2 N–H and O–H groups in total. The van der Waals surface area contributed by atoms with E-state index in [4.69, 9.17) is 16.3 Å². The normalized spacial score (nSPS) is 13.1. The smallest absolute Gasteiger partial charge is 0.408 e. The van der Waals surface area contributed by atoms with Crippen molar-refractivity contribution in [3.63, 3.8) is 0 Å². The molecule has 0 aliphatic heterocycles. The van der Waals surface area contributed by atoms with Crippen LogP contribution in [0.3, 0.4) is 0 Å². The van der Waals surface area contributed by atoms with Gasteiger partial charge in [0.25, 0.3) is 0 Å². The van der Waals surface area contributed by atoms with E-state index >= 15 is 0 Å². The lowest BCUT2D eigenvalue weighted by atomic mass is 9.94. The van der Waals surface area contributed by atoms with Gasteiger partial charge in [-0.05, 0) is 65.7 Å². The maximum atomic E-state index is 12.3. The van der Waals surface area contributed by atoms with Crippen molar-refractivity contribution in [1.82, 2.24) is 10.6 Å². The molecule has 2 amide bonds. The van der Waals surface area contributed by atoms with Gasteiger partial charge in [0.05, 0.1) is 0 Å². The molecule has 0 aliphatic rings. The Balaban J connectivity index is 2.57. The van der Waals surface area contributed by atoms with E-state index in [1.807, 2.05) is 38.1 Å². The van der Waals surface area contributed by atoms with Crippen LogP contribution in [0.1, 0.15) is 47.1 Å². The fourth-order valence-electron chi connectivity index (χ4n) is 2.15. The van der Waals surface area contributed by atoms with Gasteiger partial charge < -0.3 is 15.4 Å². The van der Waals surface area contributed by atoms with Crippen molar-refractivity contribution in [2.24, 2.45) is 0 Å². The van der Waals surface area contributed by atoms with Gasteiger partial charge >= 0.3 is 6.09 Å². The minimum absolute atomic E-state index is 0.264. The molecule has 0 aliphatic carbocycles. The zero-order valence-electron chi connectivity index (χ0n) is 15.2. The summed E-state index contributed by atoms with van der Waals surface area (Å²) >= 11 is 5.88. The highest BCUT2D eigenvalue weighted by atomic mass is 35.5. The first-order valence-electron chi connectivity index (χ1n) is 7.94. The molecule has 0 aromatic heterocycles. The Bertz CT molecular complexity index is 577. The van der Waals surface area contributed by atoms with E-state index in [2.05, 4.69) is 10.6 Å². The van der Waals surface area contributed by atoms with Gasteiger partial charge in [-0.25, -0.2) is 4.79 Å². The fourth-order valence-corrected chi connectivity index (χ4v) is 2.27. The van der Waals surface area contributed by atoms with Crippen LogP contribution in [0.25, 0.3) is 0 Å². The molecule has 0 radical (unpaired) electrons. The van der Waals surface area contributed by atoms with Crippen LogP contribution in [0, 0.1) is 0 Å². The van der Waals surface area contributed by atoms with E-state index in [0.717, 1.165) is 5.56 Å². The number of carbonyl (C=O) groups is 2. The van der Waals surface area contributed by atoms with Crippen molar-refractivity contribution in [3.05, 3.63) is 34.9 Å². The number of alkyl carbamates (subject to hydrolysis) is 1. The first-order chi connectivity index (χ1) is 10.9. The molecule has 1 aromatic carbocycles. The van der Waals surface area contributed by atoms with Crippen LogP contribution < -0.4 is 10.6 Å². The molecule has 1 atom stereocenters. The second kappa shape index (κ2) is 7.88. The second-order valence-electron chi connectivity index (χ2n) is 7.54. The highest BCUT2D eigenvalue weighted by molar-refractivity contribution is 6.30. The first kappa shape index (κ1) is 20.3. The summed E-state index contributed by atoms with van der Waals surface area (Å²) in [5.74, 6) is -0.264. The minimum Gasteiger partial charge on any atom is -0.444 e. The van der Waals surface area contributed by atoms with E-state index in [-0.39, 0.29) is 5.91 Å². The Morgan fingerprint density at radius 3 is 2.17 bits per heavy atom. The number of ether oxygens (including phenoxy) is 1. The number of benzene rings is 1. The fraction of sp³-hybridized carbons (Fsp3) is 0.556. The van der Waals surface area contributed by atoms with Gasteiger partial charge in [0.1, 0.15) is 11.6 Å². The molecule has 134 valence electrons. The van der Waals surface area contributed by atoms with E-state index in [1.165, 1.54) is 0 Å². The van der Waals surface area contributed by atoms with Gasteiger partial charge in [-0.15, -0.1) is 0 Å². The maximum Gasteiger partial charge on any atom is 0.408 e. The Hall–Kier alpha value is -1.75. The first-order valence-corrected chi connectivity index (χ1v) is 8.32. The summed E-state index contributed by atoms with van der Waals surface area (Å²) in [5.41, 5.74) is 0.000538. The summed E-state index contributed by atoms with van der Waals surface area (Å²) in [7, 11) is 0. The van der Waals surface area contributed by atoms with Crippen molar-refractivity contribution >= 4 is 23.6 Å². The molecule has 0 saturated carbocycles. The Kier molecular flexibility index (Phi) is 6.67. The van der Waals surface area contributed by atoms with Gasteiger partial charge in [0.15, 0.2) is 0 Å². The van der Waals surface area contributed by atoms with Crippen molar-refractivity contribution in [2.75, 3.05) is 0 Å². The van der Waals surface area contributed by atoms with Crippen molar-refractivity contribution < 1.29 is 14.3 Å². The molecule has 6 heteroatoms. The zero-order chi connectivity index (χ0) is 18.5. The number of hydrogen-bond acceptors (Lipinski definition) is 3. The summed E-state index contributed by atoms with van der Waals surface area (Å²) in [6.45, 7) is 10.8. The van der Waals surface area contributed by atoms with Crippen LogP contribution in [0.4, 0.5) is 4.79 Å². The van der Waals surface area contributed by atoms with Crippen LogP contribution in [-0.2, 0) is 16.0 Å². The van der Waals surface area contributed by atoms with E-state index in [0.29, 0.717) is 11.4 Å². The summed E-state index contributed by atoms with van der Waals surface area (Å²) in [5, 5.41) is 6.16. The lowest BCUT2D eigenvalue weighted by Gasteiger charge is -2.29. The lowest BCUT2D eigenvalue weighted by Crippen LogP contribution is -2.53. The van der Waals surface area contributed by atoms with Crippen LogP contribution in [0.5, 0.6) is 0 Å². The van der Waals surface area contributed by atoms with Crippen molar-refractivity contribution in [3.8, 4) is 0 Å². The van der Waals surface area contributed by atoms with Crippen LogP contribution in [0.15, 0.2) is 24.3 Å². The van der Waals surface area contributed by atoms with E-state index in [1.54, 1.807) is 27.7 Å². The Morgan fingerprint density at radius 1 is 1.12 bits per heavy atom. The molecule has 0 bridgehead atoms. The highest BCUT2D eigenvalue weighted by Crippen LogP contribution is 2.16. The summed E-state index contributed by atoms with van der Waals surface area (Å²) in [6.07, 6.45) is 0.0374. The number of nitrogens with one attached hydrogen (secondary N) is 2. The molecular formula is C18H27ClN2O3. The van der Waals surface area contributed by atoms with E-state index < -0.39 is 23.3 Å². The molecule has 5 nitrogen and oxygen atoms in total. The van der Waals surface area contributed by atoms with Gasteiger partial charge in [-0.3, -0.25) is 4.79 Å². The second-order valence-corrected chi connectivity index (χ2v) is 7.98. The molecule has 1 aromatic rings. The predicted octanol–water partition coefficient (Wildman–Crippen LogP) is 3.69. The topological polar surface area (TPSA) is 67.4 Å². The molecule has 24 heavy (non-hydrogen) atoms. The van der Waals surface area contributed by atoms with Crippen molar-refractivity contribution in [2.45, 2.75) is 65.1 Å². The summed E-state index contributed by atoms with van der Waals surface area (Å²) in [4.78, 5) is 24.0. The average Bonchev–Trinajstić information content (AvgIpc) is 2.38. The van der Waals surface area contributed by atoms with Crippen LogP contribution in [0.2, 0.25) is 5.02 Å². The third-order valence-corrected chi connectivity index (χ3v) is 3.40. The van der Waals surface area contributed by atoms with Gasteiger partial charge in [-0.2, -0.15) is 0 Å². The number of carbonyl (C=O) groups excluding carboxylic acids is 2. The Morgan fingerprint density at radius 2 is 1.67 bits per heavy atom. The van der Waals surface area contributed by atoms with Crippen LogP contribution >= 0.6 is 11.6 Å². The monoisotopic (exact) mass is 354 g/mol. The maximum absolute atomic E-state index is 12.3. The molecule has 0 fully saturated rings. The van der Waals surface area contributed by atoms with Crippen molar-refractivity contribution in [1.29, 1.82) is 0 Å². The number of amides is 2.